The fraction of sp³-hybridized carbons (Fsp3) is 0.481. The number of halogens is 1. The highest BCUT2D eigenvalue weighted by molar-refractivity contribution is 7.89. The average Bonchev–Trinajstić information content (AvgIpc) is 2.94. The first-order valence-electron chi connectivity index (χ1n) is 13.1. The maximum atomic E-state index is 13.7. The Morgan fingerprint density at radius 3 is 2.42 bits per heavy atom. The summed E-state index contributed by atoms with van der Waals surface area (Å²) < 4.78 is 32.0. The molecule has 2 aromatic rings. The van der Waals surface area contributed by atoms with Gasteiger partial charge in [-0.3, -0.25) is 19.7 Å². The number of amides is 2. The molecule has 0 bridgehead atoms. The van der Waals surface area contributed by atoms with E-state index in [0.29, 0.717) is 37.4 Å². The van der Waals surface area contributed by atoms with Gasteiger partial charge in [0, 0.05) is 62.0 Å². The number of non-ortho nitro benzene ring substituents is 1. The molecular weight excluding hydrogens is 560 g/mol. The van der Waals surface area contributed by atoms with Crippen LogP contribution < -0.4 is 0 Å². The minimum Gasteiger partial charge on any atom is -0.383 e. The summed E-state index contributed by atoms with van der Waals surface area (Å²) in [6, 6.07) is 12.5. The molecule has 1 saturated heterocycles. The maximum Gasteiger partial charge on any atom is 0.270 e. The Kier molecular flexibility index (Phi) is 11.4. The van der Waals surface area contributed by atoms with Crippen molar-refractivity contribution in [3.8, 4) is 0 Å². The number of hydrogen-bond acceptors (Lipinski definition) is 7. The van der Waals surface area contributed by atoms with E-state index in [-0.39, 0.29) is 61.1 Å². The van der Waals surface area contributed by atoms with Gasteiger partial charge in [-0.25, -0.2) is 8.42 Å². The maximum absolute atomic E-state index is 13.7. The lowest BCUT2D eigenvalue weighted by Crippen LogP contribution is -2.51. The van der Waals surface area contributed by atoms with E-state index in [1.165, 1.54) is 29.6 Å². The first-order chi connectivity index (χ1) is 19.1. The SMILES string of the molecule is CCCS(=O)(=O)N(CCOC)CC(=O)N(Cc1ccc(Cl)cc1)C1CCN(C(=O)c2cccc([N+](=O)[O-])c2)CC1. The summed E-state index contributed by atoms with van der Waals surface area (Å²) in [5, 5.41) is 11.7. The number of ether oxygens (including phenoxy) is 1. The summed E-state index contributed by atoms with van der Waals surface area (Å²) in [4.78, 5) is 40.6. The van der Waals surface area contributed by atoms with E-state index in [4.69, 9.17) is 16.3 Å². The van der Waals surface area contributed by atoms with Crippen molar-refractivity contribution in [1.29, 1.82) is 0 Å². The Morgan fingerprint density at radius 2 is 1.82 bits per heavy atom. The van der Waals surface area contributed by atoms with Crippen LogP contribution in [0.3, 0.4) is 0 Å². The number of piperidine rings is 1. The van der Waals surface area contributed by atoms with Crippen LogP contribution in [-0.4, -0.2) is 91.0 Å². The predicted molar refractivity (Wildman–Crippen MR) is 152 cm³/mol. The van der Waals surface area contributed by atoms with Gasteiger partial charge >= 0.3 is 0 Å². The van der Waals surface area contributed by atoms with Gasteiger partial charge in [0.2, 0.25) is 15.9 Å². The van der Waals surface area contributed by atoms with Gasteiger partial charge < -0.3 is 14.5 Å². The quantitative estimate of drug-likeness (QED) is 0.256. The summed E-state index contributed by atoms with van der Waals surface area (Å²) in [7, 11) is -2.18. The van der Waals surface area contributed by atoms with Crippen molar-refractivity contribution in [2.45, 2.75) is 38.8 Å². The minimum absolute atomic E-state index is 0.0650. The third-order valence-corrected chi connectivity index (χ3v) is 9.07. The Labute approximate surface area is 239 Å². The lowest BCUT2D eigenvalue weighted by molar-refractivity contribution is -0.384. The summed E-state index contributed by atoms with van der Waals surface area (Å²) in [5.74, 6) is -0.720. The fourth-order valence-electron chi connectivity index (χ4n) is 4.66. The smallest absolute Gasteiger partial charge is 0.270 e. The first-order valence-corrected chi connectivity index (χ1v) is 15.1. The van der Waals surface area contributed by atoms with Gasteiger partial charge in [-0.15, -0.1) is 0 Å². The number of carbonyl (C=O) groups excluding carboxylic acids is 2. The van der Waals surface area contributed by atoms with Crippen LogP contribution in [0.15, 0.2) is 48.5 Å². The summed E-state index contributed by atoms with van der Waals surface area (Å²) in [6.45, 7) is 2.62. The molecule has 1 aliphatic heterocycles. The van der Waals surface area contributed by atoms with Crippen LogP contribution in [0.2, 0.25) is 5.02 Å². The zero-order chi connectivity index (χ0) is 29.3. The van der Waals surface area contributed by atoms with E-state index >= 15 is 0 Å². The van der Waals surface area contributed by atoms with Gasteiger partial charge in [0.25, 0.3) is 11.6 Å². The Morgan fingerprint density at radius 1 is 1.15 bits per heavy atom. The number of benzene rings is 2. The normalized spacial score (nSPS) is 14.3. The van der Waals surface area contributed by atoms with E-state index in [0.717, 1.165) is 5.56 Å². The highest BCUT2D eigenvalue weighted by Crippen LogP contribution is 2.23. The molecule has 40 heavy (non-hydrogen) atoms. The van der Waals surface area contributed by atoms with Gasteiger partial charge in [-0.05, 0) is 43.0 Å². The molecule has 11 nitrogen and oxygen atoms in total. The summed E-state index contributed by atoms with van der Waals surface area (Å²) in [5.41, 5.74) is 0.917. The van der Waals surface area contributed by atoms with Gasteiger partial charge in [0.1, 0.15) is 0 Å². The molecule has 0 spiro atoms. The van der Waals surface area contributed by atoms with Gasteiger partial charge in [0.15, 0.2) is 0 Å². The lowest BCUT2D eigenvalue weighted by Gasteiger charge is -2.39. The topological polar surface area (TPSA) is 130 Å². The van der Waals surface area contributed by atoms with Crippen LogP contribution in [0.4, 0.5) is 5.69 Å². The van der Waals surface area contributed by atoms with Crippen LogP contribution >= 0.6 is 11.6 Å². The predicted octanol–water partition coefficient (Wildman–Crippen LogP) is 3.57. The summed E-state index contributed by atoms with van der Waals surface area (Å²) >= 11 is 6.04. The molecule has 0 N–H and O–H groups in total. The molecule has 0 aromatic heterocycles. The third kappa shape index (κ3) is 8.47. The van der Waals surface area contributed by atoms with E-state index < -0.39 is 14.9 Å². The molecule has 0 radical (unpaired) electrons. The number of sulfonamides is 1. The number of rotatable bonds is 13. The molecule has 2 aromatic carbocycles. The number of nitrogens with zero attached hydrogens (tertiary/aromatic N) is 4. The van der Waals surface area contributed by atoms with E-state index in [2.05, 4.69) is 0 Å². The van der Waals surface area contributed by atoms with E-state index in [1.807, 2.05) is 12.1 Å². The van der Waals surface area contributed by atoms with Crippen LogP contribution in [-0.2, 0) is 26.1 Å². The van der Waals surface area contributed by atoms with Crippen molar-refractivity contribution in [2.24, 2.45) is 0 Å². The van der Waals surface area contributed by atoms with Crippen molar-refractivity contribution in [3.05, 3.63) is 74.8 Å². The minimum atomic E-state index is -3.66. The van der Waals surface area contributed by atoms with Gasteiger partial charge in [-0.2, -0.15) is 4.31 Å². The molecule has 3 rings (SSSR count). The number of nitro groups is 1. The average molecular weight is 595 g/mol. The molecule has 1 aliphatic rings. The number of methoxy groups -OCH3 is 1. The molecule has 1 fully saturated rings. The molecule has 218 valence electrons. The third-order valence-electron chi connectivity index (χ3n) is 6.79. The highest BCUT2D eigenvalue weighted by Gasteiger charge is 2.33. The second-order valence-corrected chi connectivity index (χ2v) is 12.1. The zero-order valence-corrected chi connectivity index (χ0v) is 24.3. The Balaban J connectivity index is 1.78. The second kappa shape index (κ2) is 14.5. The fourth-order valence-corrected chi connectivity index (χ4v) is 6.22. The highest BCUT2D eigenvalue weighted by atomic mass is 35.5. The number of carbonyl (C=O) groups is 2. The Hall–Kier alpha value is -3.06. The molecular formula is C27H35ClN4O7S. The molecule has 2 amide bonds. The molecule has 1 heterocycles. The number of likely N-dealkylation sites (tertiary alicyclic amines) is 1. The van der Waals surface area contributed by atoms with Gasteiger partial charge in [0.05, 0.1) is 23.8 Å². The lowest BCUT2D eigenvalue weighted by atomic mass is 10.0. The van der Waals surface area contributed by atoms with Crippen molar-refractivity contribution < 1.29 is 27.7 Å². The van der Waals surface area contributed by atoms with Gasteiger partial charge in [-0.1, -0.05) is 36.7 Å². The standard InChI is InChI=1S/C27H35ClN4O7S/c1-3-17-40(37,38)30(15-16-39-2)20-26(33)31(19-21-7-9-23(28)10-8-21)24-11-13-29(14-12-24)27(34)22-5-4-6-25(18-22)32(35)36/h4-10,18,24H,3,11-17,19-20H2,1-2H3. The molecule has 0 unspecified atom stereocenters. The number of nitro benzene ring substituents is 1. The molecule has 0 saturated carbocycles. The first kappa shape index (κ1) is 31.5. The second-order valence-electron chi connectivity index (χ2n) is 9.62. The Bertz CT molecular complexity index is 1280. The van der Waals surface area contributed by atoms with Crippen LogP contribution in [0, 0.1) is 10.1 Å². The van der Waals surface area contributed by atoms with Crippen LogP contribution in [0.1, 0.15) is 42.1 Å². The van der Waals surface area contributed by atoms with Crippen molar-refractivity contribution in [2.75, 3.05) is 45.6 Å². The van der Waals surface area contributed by atoms with Crippen molar-refractivity contribution in [3.63, 3.8) is 0 Å². The van der Waals surface area contributed by atoms with E-state index in [1.54, 1.807) is 34.9 Å². The monoisotopic (exact) mass is 594 g/mol. The largest absolute Gasteiger partial charge is 0.383 e. The number of hydrogen-bond donors (Lipinski definition) is 0. The molecule has 13 heteroatoms. The van der Waals surface area contributed by atoms with Crippen molar-refractivity contribution >= 4 is 39.1 Å². The van der Waals surface area contributed by atoms with Crippen molar-refractivity contribution in [1.82, 2.24) is 14.1 Å². The summed E-state index contributed by atoms with van der Waals surface area (Å²) in [6.07, 6.45) is 1.37. The van der Waals surface area contributed by atoms with Crippen LogP contribution in [0.5, 0.6) is 0 Å². The molecule has 0 aliphatic carbocycles. The molecule has 0 atom stereocenters. The zero-order valence-electron chi connectivity index (χ0n) is 22.7. The van der Waals surface area contributed by atoms with Crippen LogP contribution in [0.25, 0.3) is 0 Å². The van der Waals surface area contributed by atoms with E-state index in [9.17, 15) is 28.1 Å².